The second-order valence-electron chi connectivity index (χ2n) is 9.02. The van der Waals surface area contributed by atoms with Crippen molar-refractivity contribution < 1.29 is 15.0 Å². The smallest absolute Gasteiger partial charge is 0.279 e. The van der Waals surface area contributed by atoms with Gasteiger partial charge in [-0.2, -0.15) is 9.78 Å². The SMILES string of the molecule is C[C@@H](/C=C/CCO)[C@]1(O)C(=O)N(Cc2ccc(-n3ncc4ccccc4c3=O)cc2)c2ccccc21. The molecule has 36 heavy (non-hydrogen) atoms. The zero-order valence-corrected chi connectivity index (χ0v) is 19.9. The number of anilines is 1. The molecule has 1 aliphatic rings. The zero-order valence-electron chi connectivity index (χ0n) is 19.9. The number of amides is 1. The molecule has 0 saturated heterocycles. The average Bonchev–Trinajstić information content (AvgIpc) is 3.12. The van der Waals surface area contributed by atoms with Crippen molar-refractivity contribution in [3.8, 4) is 5.69 Å². The third-order valence-corrected chi connectivity index (χ3v) is 6.77. The molecule has 3 aromatic carbocycles. The Balaban J connectivity index is 1.43. The van der Waals surface area contributed by atoms with Gasteiger partial charge in [0.1, 0.15) is 0 Å². The van der Waals surface area contributed by atoms with Gasteiger partial charge < -0.3 is 15.1 Å². The first kappa shape index (κ1) is 23.7. The molecule has 7 heteroatoms. The van der Waals surface area contributed by atoms with Gasteiger partial charge in [-0.25, -0.2) is 0 Å². The monoisotopic (exact) mass is 481 g/mol. The number of para-hydroxylation sites is 1. The number of benzene rings is 3. The van der Waals surface area contributed by atoms with Crippen LogP contribution in [0.4, 0.5) is 5.69 Å². The second-order valence-corrected chi connectivity index (χ2v) is 9.02. The van der Waals surface area contributed by atoms with Gasteiger partial charge in [0.05, 0.1) is 29.5 Å². The van der Waals surface area contributed by atoms with Crippen LogP contribution >= 0.6 is 0 Å². The van der Waals surface area contributed by atoms with E-state index in [-0.39, 0.29) is 24.6 Å². The lowest BCUT2D eigenvalue weighted by molar-refractivity contribution is -0.139. The Morgan fingerprint density at radius 2 is 1.72 bits per heavy atom. The fourth-order valence-corrected chi connectivity index (χ4v) is 4.77. The number of carbonyl (C=O) groups is 1. The predicted molar refractivity (Wildman–Crippen MR) is 139 cm³/mol. The van der Waals surface area contributed by atoms with Crippen molar-refractivity contribution in [2.75, 3.05) is 11.5 Å². The molecule has 0 spiro atoms. The van der Waals surface area contributed by atoms with E-state index in [1.54, 1.807) is 54.4 Å². The third kappa shape index (κ3) is 3.92. The molecule has 2 atom stereocenters. The molecule has 0 saturated carbocycles. The van der Waals surface area contributed by atoms with Gasteiger partial charge in [-0.15, -0.1) is 0 Å². The number of hydrogen-bond acceptors (Lipinski definition) is 5. The molecule has 7 nitrogen and oxygen atoms in total. The summed E-state index contributed by atoms with van der Waals surface area (Å²) in [5.74, 6) is -0.864. The Hall–Kier alpha value is -4.07. The van der Waals surface area contributed by atoms with Crippen LogP contribution in [0.3, 0.4) is 0 Å². The van der Waals surface area contributed by atoms with Crippen LogP contribution < -0.4 is 10.5 Å². The summed E-state index contributed by atoms with van der Waals surface area (Å²) in [4.78, 5) is 28.1. The van der Waals surface area contributed by atoms with Crippen molar-refractivity contribution in [1.29, 1.82) is 0 Å². The summed E-state index contributed by atoms with van der Waals surface area (Å²) in [6.07, 6.45) is 5.68. The Morgan fingerprint density at radius 1 is 1.00 bits per heavy atom. The lowest BCUT2D eigenvalue weighted by Gasteiger charge is -2.27. The highest BCUT2D eigenvalue weighted by Crippen LogP contribution is 2.45. The van der Waals surface area contributed by atoms with Crippen molar-refractivity contribution in [3.05, 3.63) is 113 Å². The average molecular weight is 482 g/mol. The predicted octanol–water partition coefficient (Wildman–Crippen LogP) is 3.69. The van der Waals surface area contributed by atoms with Crippen LogP contribution in [-0.4, -0.2) is 32.5 Å². The van der Waals surface area contributed by atoms with Gasteiger partial charge in [0.2, 0.25) is 0 Å². The van der Waals surface area contributed by atoms with Crippen LogP contribution in [0.15, 0.2) is 95.9 Å². The first-order chi connectivity index (χ1) is 17.4. The Morgan fingerprint density at radius 3 is 2.50 bits per heavy atom. The number of rotatable bonds is 7. The molecule has 2 heterocycles. The van der Waals surface area contributed by atoms with Crippen LogP contribution in [0.25, 0.3) is 16.5 Å². The van der Waals surface area contributed by atoms with Gasteiger partial charge >= 0.3 is 0 Å². The van der Waals surface area contributed by atoms with Crippen molar-refractivity contribution in [3.63, 3.8) is 0 Å². The van der Waals surface area contributed by atoms with E-state index in [0.29, 0.717) is 28.7 Å². The van der Waals surface area contributed by atoms with E-state index >= 15 is 0 Å². The Kier molecular flexibility index (Phi) is 6.26. The maximum atomic E-state index is 13.6. The van der Waals surface area contributed by atoms with Gasteiger partial charge in [-0.1, -0.05) is 67.6 Å². The summed E-state index contributed by atoms with van der Waals surface area (Å²) in [6.45, 7) is 2.08. The van der Waals surface area contributed by atoms with Crippen LogP contribution in [0.1, 0.15) is 24.5 Å². The van der Waals surface area contributed by atoms with Crippen LogP contribution in [-0.2, 0) is 16.9 Å². The molecule has 4 aromatic rings. The van der Waals surface area contributed by atoms with E-state index in [0.717, 1.165) is 10.9 Å². The number of nitrogens with zero attached hydrogens (tertiary/aromatic N) is 3. The van der Waals surface area contributed by atoms with Crippen LogP contribution in [0.5, 0.6) is 0 Å². The van der Waals surface area contributed by atoms with Gasteiger partial charge in [0.25, 0.3) is 11.5 Å². The molecule has 1 aliphatic heterocycles. The quantitative estimate of drug-likeness (QED) is 0.393. The lowest BCUT2D eigenvalue weighted by atomic mass is 9.83. The molecule has 182 valence electrons. The van der Waals surface area contributed by atoms with Gasteiger partial charge in [0.15, 0.2) is 5.60 Å². The van der Waals surface area contributed by atoms with E-state index in [4.69, 9.17) is 5.11 Å². The summed E-state index contributed by atoms with van der Waals surface area (Å²) in [7, 11) is 0. The number of aliphatic hydroxyl groups is 2. The molecule has 0 aliphatic carbocycles. The molecular weight excluding hydrogens is 454 g/mol. The summed E-state index contributed by atoms with van der Waals surface area (Å²) in [6, 6.07) is 21.9. The molecule has 5 rings (SSSR count). The highest BCUT2D eigenvalue weighted by atomic mass is 16.3. The van der Waals surface area contributed by atoms with Gasteiger partial charge in [0, 0.05) is 23.5 Å². The van der Waals surface area contributed by atoms with E-state index in [9.17, 15) is 14.7 Å². The first-order valence-electron chi connectivity index (χ1n) is 11.9. The molecule has 1 amide bonds. The number of carbonyl (C=O) groups excluding carboxylic acids is 1. The Bertz CT molecular complexity index is 1510. The normalized spacial score (nSPS) is 18.2. The highest BCUT2D eigenvalue weighted by molar-refractivity contribution is 6.07. The molecule has 0 fully saturated rings. The minimum atomic E-state index is -1.69. The fourth-order valence-electron chi connectivity index (χ4n) is 4.77. The summed E-state index contributed by atoms with van der Waals surface area (Å²) >= 11 is 0. The van der Waals surface area contributed by atoms with Crippen LogP contribution in [0, 0.1) is 5.92 Å². The standard InChI is InChI=1S/C29H27N3O4/c1-20(8-6-7-17-33)29(36)25-11-4-5-12-26(25)31(28(29)35)19-21-13-15-23(16-14-21)32-27(34)24-10-3-2-9-22(24)18-30-32/h2-6,8-16,18,20,33,36H,7,17,19H2,1H3/b8-6+/t20-,29+/m0/s1. The van der Waals surface area contributed by atoms with Crippen molar-refractivity contribution in [2.24, 2.45) is 5.92 Å². The third-order valence-electron chi connectivity index (χ3n) is 6.77. The van der Waals surface area contributed by atoms with E-state index in [1.807, 2.05) is 48.5 Å². The van der Waals surface area contributed by atoms with Gasteiger partial charge in [-0.3, -0.25) is 9.59 Å². The summed E-state index contributed by atoms with van der Waals surface area (Å²) < 4.78 is 1.36. The number of aromatic nitrogens is 2. The highest BCUT2D eigenvalue weighted by Gasteiger charge is 2.52. The molecule has 0 radical (unpaired) electrons. The summed E-state index contributed by atoms with van der Waals surface area (Å²) in [5, 5.41) is 26.3. The van der Waals surface area contributed by atoms with Crippen molar-refractivity contribution >= 4 is 22.4 Å². The minimum absolute atomic E-state index is 0.00908. The number of aliphatic hydroxyl groups excluding tert-OH is 1. The number of hydrogen-bond donors (Lipinski definition) is 2. The molecule has 1 aromatic heterocycles. The minimum Gasteiger partial charge on any atom is -0.396 e. The second kappa shape index (κ2) is 9.53. The maximum Gasteiger partial charge on any atom is 0.279 e. The van der Waals surface area contributed by atoms with Crippen LogP contribution in [0.2, 0.25) is 0 Å². The summed E-state index contributed by atoms with van der Waals surface area (Å²) in [5.41, 5.74) is 0.830. The van der Waals surface area contributed by atoms with E-state index in [1.165, 1.54) is 4.68 Å². The topological polar surface area (TPSA) is 95.7 Å². The van der Waals surface area contributed by atoms with Gasteiger partial charge in [-0.05, 0) is 36.2 Å². The molecular formula is C29H27N3O4. The Labute approximate surface area is 208 Å². The largest absolute Gasteiger partial charge is 0.396 e. The first-order valence-corrected chi connectivity index (χ1v) is 11.9. The number of fused-ring (bicyclic) bond motifs is 2. The maximum absolute atomic E-state index is 13.6. The zero-order chi connectivity index (χ0) is 25.3. The molecule has 2 N–H and O–H groups in total. The molecule has 0 bridgehead atoms. The van der Waals surface area contributed by atoms with E-state index < -0.39 is 11.5 Å². The lowest BCUT2D eigenvalue weighted by Crippen LogP contribution is -2.44. The molecule has 0 unspecified atom stereocenters. The van der Waals surface area contributed by atoms with Crippen molar-refractivity contribution in [2.45, 2.75) is 25.5 Å². The van der Waals surface area contributed by atoms with E-state index in [2.05, 4.69) is 5.10 Å². The van der Waals surface area contributed by atoms with Crippen molar-refractivity contribution in [1.82, 2.24) is 9.78 Å². The fraction of sp³-hybridized carbons (Fsp3) is 0.207.